The van der Waals surface area contributed by atoms with E-state index in [-0.39, 0.29) is 0 Å². The molecule has 0 aromatic rings. The molecule has 0 aliphatic carbocycles. The Morgan fingerprint density at radius 1 is 1.83 bits per heavy atom. The lowest BCUT2D eigenvalue weighted by atomic mass is 10.9. The molecule has 34 valence electrons. The third-order valence-corrected chi connectivity index (χ3v) is 0.549. The number of hydrazine groups is 1. The van der Waals surface area contributed by atoms with Crippen molar-refractivity contribution in [1.82, 2.24) is 10.6 Å². The number of rotatable bonds is 0. The van der Waals surface area contributed by atoms with Gasteiger partial charge in [0.1, 0.15) is 6.26 Å². The molecule has 0 atom stereocenters. The van der Waals surface area contributed by atoms with Crippen LogP contribution in [-0.4, -0.2) is 12.1 Å². The smallest absolute Gasteiger partial charge is 0.131 e. The average Bonchev–Trinajstić information content (AvgIpc) is 1.86. The molecule has 1 heterocycles. The largest absolute Gasteiger partial charge is 0.395 e. The van der Waals surface area contributed by atoms with Gasteiger partial charge < -0.3 is 4.84 Å². The first-order valence-corrected chi connectivity index (χ1v) is 1.70. The molecular weight excluding hydrogens is 80.0 g/mol. The molecule has 3 heteroatoms. The third-order valence-electron chi connectivity index (χ3n) is 0.549. The zero-order valence-electron chi connectivity index (χ0n) is 3.51. The molecule has 0 bridgehead atoms. The highest BCUT2D eigenvalue weighted by atomic mass is 16.7. The minimum absolute atomic E-state index is 1.57. The highest BCUT2D eigenvalue weighted by molar-refractivity contribution is 4.71. The second-order valence-corrected chi connectivity index (χ2v) is 1.11. The minimum atomic E-state index is 1.57. The third kappa shape index (κ3) is 0.440. The maximum Gasteiger partial charge on any atom is 0.131 e. The topological polar surface area (TPSA) is 24.5 Å². The molecule has 0 saturated heterocycles. The van der Waals surface area contributed by atoms with Gasteiger partial charge in [-0.25, -0.2) is 0 Å². The second-order valence-electron chi connectivity index (χ2n) is 1.11. The summed E-state index contributed by atoms with van der Waals surface area (Å²) in [6.07, 6.45) is 3.35. The van der Waals surface area contributed by atoms with Crippen molar-refractivity contribution in [3.8, 4) is 0 Å². The number of hydrogen-bond acceptors (Lipinski definition) is 3. The van der Waals surface area contributed by atoms with Crippen LogP contribution in [0.2, 0.25) is 0 Å². The predicted molar refractivity (Wildman–Crippen MR) is 21.1 cm³/mol. The van der Waals surface area contributed by atoms with Crippen LogP contribution in [-0.2, 0) is 4.84 Å². The fourth-order valence-electron chi connectivity index (χ4n) is 0.266. The van der Waals surface area contributed by atoms with E-state index in [4.69, 9.17) is 0 Å². The van der Waals surface area contributed by atoms with Crippen molar-refractivity contribution in [2.45, 2.75) is 0 Å². The average molecular weight is 86.1 g/mol. The first-order chi connectivity index (χ1) is 2.89. The van der Waals surface area contributed by atoms with Crippen molar-refractivity contribution in [1.29, 1.82) is 0 Å². The fourth-order valence-corrected chi connectivity index (χ4v) is 0.266. The van der Waals surface area contributed by atoms with E-state index in [1.54, 1.807) is 17.5 Å². The molecule has 1 rings (SSSR count). The van der Waals surface area contributed by atoms with Crippen LogP contribution in [0.4, 0.5) is 0 Å². The molecule has 0 unspecified atom stereocenters. The number of hydrogen-bond donors (Lipinski definition) is 1. The highest BCUT2D eigenvalue weighted by Crippen LogP contribution is 1.85. The molecule has 6 heavy (non-hydrogen) atoms. The van der Waals surface area contributed by atoms with Crippen LogP contribution < -0.4 is 5.59 Å². The van der Waals surface area contributed by atoms with E-state index in [1.807, 2.05) is 7.05 Å². The Kier molecular flexibility index (Phi) is 0.686. The van der Waals surface area contributed by atoms with Crippen LogP contribution in [0, 0.1) is 0 Å². The van der Waals surface area contributed by atoms with Crippen molar-refractivity contribution in [3.05, 3.63) is 12.5 Å². The van der Waals surface area contributed by atoms with Gasteiger partial charge in [0.15, 0.2) is 0 Å². The van der Waals surface area contributed by atoms with Crippen LogP contribution in [0.1, 0.15) is 0 Å². The Morgan fingerprint density at radius 3 is 2.83 bits per heavy atom. The van der Waals surface area contributed by atoms with E-state index in [2.05, 4.69) is 10.4 Å². The van der Waals surface area contributed by atoms with Gasteiger partial charge in [-0.1, -0.05) is 5.59 Å². The summed E-state index contributed by atoms with van der Waals surface area (Å²) in [4.78, 5) is 4.55. The van der Waals surface area contributed by atoms with Crippen molar-refractivity contribution >= 4 is 0 Å². The summed E-state index contributed by atoms with van der Waals surface area (Å²) in [6, 6.07) is 0. The molecule has 3 nitrogen and oxygen atoms in total. The minimum Gasteiger partial charge on any atom is -0.395 e. The van der Waals surface area contributed by atoms with Gasteiger partial charge in [0, 0.05) is 7.05 Å². The molecule has 0 saturated carbocycles. The Labute approximate surface area is 36.1 Å². The first-order valence-electron chi connectivity index (χ1n) is 1.70. The van der Waals surface area contributed by atoms with E-state index >= 15 is 0 Å². The molecule has 0 fully saturated rings. The van der Waals surface area contributed by atoms with Gasteiger partial charge in [-0.05, 0) is 0 Å². The lowest BCUT2D eigenvalue weighted by molar-refractivity contribution is 0.0522. The molecule has 0 aromatic heterocycles. The molecule has 1 aliphatic heterocycles. The van der Waals surface area contributed by atoms with Gasteiger partial charge in [-0.15, -0.1) is 0 Å². The van der Waals surface area contributed by atoms with Crippen LogP contribution in [0.5, 0.6) is 0 Å². The normalized spacial score (nSPS) is 18.5. The predicted octanol–water partition coefficient (Wildman–Crippen LogP) is -0.161. The Morgan fingerprint density at radius 2 is 2.67 bits per heavy atom. The summed E-state index contributed by atoms with van der Waals surface area (Å²) < 4.78 is 0. The standard InChI is InChI=1S/C3H6N2O/c1-5-2-3-6-4-5/h2-4H,1H3. The zero-order chi connectivity index (χ0) is 4.41. The summed E-state index contributed by atoms with van der Waals surface area (Å²) in [5.41, 5.74) is 2.54. The van der Waals surface area contributed by atoms with Crippen LogP contribution in [0.25, 0.3) is 0 Å². The molecule has 0 aromatic carbocycles. The van der Waals surface area contributed by atoms with Gasteiger partial charge in [0.25, 0.3) is 0 Å². The molecule has 0 spiro atoms. The van der Waals surface area contributed by atoms with Crippen molar-refractivity contribution in [2.75, 3.05) is 7.05 Å². The second kappa shape index (κ2) is 1.18. The quantitative estimate of drug-likeness (QED) is 0.443. The maximum absolute atomic E-state index is 4.55. The Hall–Kier alpha value is -0.700. The number of nitrogens with zero attached hydrogens (tertiary/aromatic N) is 1. The summed E-state index contributed by atoms with van der Waals surface area (Å²) in [5, 5.41) is 1.71. The number of nitrogens with one attached hydrogen (secondary N) is 1. The van der Waals surface area contributed by atoms with Crippen LogP contribution in [0.15, 0.2) is 12.5 Å². The van der Waals surface area contributed by atoms with E-state index in [9.17, 15) is 0 Å². The van der Waals surface area contributed by atoms with Gasteiger partial charge in [-0.3, -0.25) is 5.01 Å². The van der Waals surface area contributed by atoms with Gasteiger partial charge in [0.2, 0.25) is 0 Å². The van der Waals surface area contributed by atoms with Crippen molar-refractivity contribution < 1.29 is 4.84 Å². The van der Waals surface area contributed by atoms with Gasteiger partial charge >= 0.3 is 0 Å². The Balaban J connectivity index is 2.38. The zero-order valence-corrected chi connectivity index (χ0v) is 3.51. The molecule has 0 radical (unpaired) electrons. The maximum atomic E-state index is 4.55. The summed E-state index contributed by atoms with van der Waals surface area (Å²) in [7, 11) is 1.85. The molecule has 1 aliphatic rings. The van der Waals surface area contributed by atoms with Gasteiger partial charge in [0.05, 0.1) is 6.20 Å². The van der Waals surface area contributed by atoms with E-state index < -0.39 is 0 Å². The molecule has 0 amide bonds. The monoisotopic (exact) mass is 86.0 g/mol. The molecular formula is C3H6N2O. The van der Waals surface area contributed by atoms with Crippen LogP contribution >= 0.6 is 0 Å². The van der Waals surface area contributed by atoms with Crippen molar-refractivity contribution in [2.24, 2.45) is 0 Å². The van der Waals surface area contributed by atoms with Crippen molar-refractivity contribution in [3.63, 3.8) is 0 Å². The van der Waals surface area contributed by atoms with E-state index in [0.717, 1.165) is 0 Å². The van der Waals surface area contributed by atoms with E-state index in [0.29, 0.717) is 0 Å². The SMILES string of the molecule is CN1C=CON1. The lowest BCUT2D eigenvalue weighted by Gasteiger charge is -2.02. The molecule has 1 N–H and O–H groups in total. The summed E-state index contributed by atoms with van der Waals surface area (Å²) in [5.74, 6) is 0. The summed E-state index contributed by atoms with van der Waals surface area (Å²) in [6.45, 7) is 0. The van der Waals surface area contributed by atoms with Gasteiger partial charge in [-0.2, -0.15) is 0 Å². The lowest BCUT2D eigenvalue weighted by Crippen LogP contribution is -2.21. The van der Waals surface area contributed by atoms with Crippen LogP contribution in [0.3, 0.4) is 0 Å². The fraction of sp³-hybridized carbons (Fsp3) is 0.333. The first kappa shape index (κ1) is 3.49. The van der Waals surface area contributed by atoms with E-state index in [1.165, 1.54) is 0 Å². The summed E-state index contributed by atoms with van der Waals surface area (Å²) >= 11 is 0. The highest BCUT2D eigenvalue weighted by Gasteiger charge is 1.91. The Bertz CT molecular complexity index is 71.2.